The van der Waals surface area contributed by atoms with Crippen molar-refractivity contribution < 1.29 is 14.6 Å². The molecule has 0 saturated heterocycles. The van der Waals surface area contributed by atoms with E-state index < -0.39 is 11.6 Å². The number of hydrogen-bond donors (Lipinski definition) is 1. The van der Waals surface area contributed by atoms with Gasteiger partial charge < -0.3 is 9.84 Å². The Bertz CT molecular complexity index is 611. The second kappa shape index (κ2) is 4.11. The van der Waals surface area contributed by atoms with Gasteiger partial charge in [-0.2, -0.15) is 0 Å². The van der Waals surface area contributed by atoms with Gasteiger partial charge in [-0.05, 0) is 68.7 Å². The predicted molar refractivity (Wildman–Crippen MR) is 77.6 cm³/mol. The van der Waals surface area contributed by atoms with Gasteiger partial charge in [0.1, 0.15) is 5.57 Å². The summed E-state index contributed by atoms with van der Waals surface area (Å²) in [5.41, 5.74) is 3.62. The lowest BCUT2D eigenvalue weighted by Gasteiger charge is -2.16. The number of esters is 1. The fourth-order valence-electron chi connectivity index (χ4n) is 2.99. The van der Waals surface area contributed by atoms with Crippen molar-refractivity contribution >= 4 is 11.5 Å². The number of carbonyl (C=O) groups excluding carboxylic acids is 1. The highest BCUT2D eigenvalue weighted by atomic mass is 16.6. The summed E-state index contributed by atoms with van der Waals surface area (Å²) in [5, 5.41) is 10.3. The lowest BCUT2D eigenvalue weighted by atomic mass is 9.90. The molecule has 0 atom stereocenters. The molecule has 1 aliphatic heterocycles. The van der Waals surface area contributed by atoms with Crippen molar-refractivity contribution in [1.29, 1.82) is 0 Å². The highest BCUT2D eigenvalue weighted by Gasteiger charge is 2.42. The molecule has 0 aromatic heterocycles. The number of aliphatic hydroxyl groups is 1. The van der Waals surface area contributed by atoms with E-state index in [9.17, 15) is 9.90 Å². The van der Waals surface area contributed by atoms with E-state index in [0.717, 1.165) is 16.7 Å². The largest absolute Gasteiger partial charge is 0.507 e. The molecule has 0 radical (unpaired) electrons. The van der Waals surface area contributed by atoms with Crippen LogP contribution in [0.2, 0.25) is 0 Å². The standard InChI is InChI=1S/C17H20O3/c1-9-7-12(11-5-6-11)8-10(2)13(9)14-15(18)17(3,4)20-16(14)19/h7-8,11,18H,5-6H2,1-4H3. The predicted octanol–water partition coefficient (Wildman–Crippen LogP) is 3.79. The summed E-state index contributed by atoms with van der Waals surface area (Å²) in [6.45, 7) is 7.40. The van der Waals surface area contributed by atoms with Crippen molar-refractivity contribution in [2.45, 2.75) is 52.1 Å². The Kier molecular flexibility index (Phi) is 2.72. The summed E-state index contributed by atoms with van der Waals surface area (Å²) < 4.78 is 5.27. The van der Waals surface area contributed by atoms with Gasteiger partial charge in [-0.1, -0.05) is 12.1 Å². The van der Waals surface area contributed by atoms with Gasteiger partial charge >= 0.3 is 5.97 Å². The number of aryl methyl sites for hydroxylation is 2. The van der Waals surface area contributed by atoms with Crippen LogP contribution < -0.4 is 0 Å². The van der Waals surface area contributed by atoms with Crippen LogP contribution in [0.3, 0.4) is 0 Å². The fourth-order valence-corrected chi connectivity index (χ4v) is 2.99. The average Bonchev–Trinajstić information content (AvgIpc) is 3.12. The minimum Gasteiger partial charge on any atom is -0.507 e. The van der Waals surface area contributed by atoms with Gasteiger partial charge in [0.2, 0.25) is 0 Å². The highest BCUT2D eigenvalue weighted by molar-refractivity contribution is 6.20. The van der Waals surface area contributed by atoms with Crippen LogP contribution in [-0.2, 0) is 9.53 Å². The molecule has 3 nitrogen and oxygen atoms in total. The van der Waals surface area contributed by atoms with Crippen molar-refractivity contribution in [2.75, 3.05) is 0 Å². The molecule has 0 unspecified atom stereocenters. The molecule has 3 rings (SSSR count). The van der Waals surface area contributed by atoms with Crippen LogP contribution in [0.1, 0.15) is 54.9 Å². The third-order valence-electron chi connectivity index (χ3n) is 4.21. The zero-order chi connectivity index (χ0) is 14.7. The normalized spacial score (nSPS) is 21.3. The monoisotopic (exact) mass is 272 g/mol. The van der Waals surface area contributed by atoms with Gasteiger partial charge in [-0.15, -0.1) is 0 Å². The molecular weight excluding hydrogens is 252 g/mol. The van der Waals surface area contributed by atoms with E-state index in [0.29, 0.717) is 11.5 Å². The minimum atomic E-state index is -0.930. The maximum absolute atomic E-state index is 12.1. The Morgan fingerprint density at radius 3 is 2.15 bits per heavy atom. The van der Waals surface area contributed by atoms with Crippen LogP contribution in [0.15, 0.2) is 17.9 Å². The summed E-state index contributed by atoms with van der Waals surface area (Å²) in [7, 11) is 0. The van der Waals surface area contributed by atoms with Crippen LogP contribution in [0.25, 0.3) is 5.57 Å². The van der Waals surface area contributed by atoms with Crippen molar-refractivity contribution in [1.82, 2.24) is 0 Å². The SMILES string of the molecule is Cc1cc(C2CC2)cc(C)c1C1=C(O)C(C)(C)OC1=O. The quantitative estimate of drug-likeness (QED) is 0.833. The molecule has 1 heterocycles. The van der Waals surface area contributed by atoms with E-state index in [1.54, 1.807) is 13.8 Å². The van der Waals surface area contributed by atoms with Gasteiger partial charge in [-0.25, -0.2) is 4.79 Å². The van der Waals surface area contributed by atoms with Crippen LogP contribution in [0, 0.1) is 13.8 Å². The van der Waals surface area contributed by atoms with Crippen molar-refractivity contribution in [3.05, 3.63) is 40.1 Å². The second-order valence-electron chi connectivity index (χ2n) is 6.43. The molecule has 0 spiro atoms. The van der Waals surface area contributed by atoms with E-state index in [4.69, 9.17) is 4.74 Å². The number of hydrogen-bond acceptors (Lipinski definition) is 3. The van der Waals surface area contributed by atoms with Gasteiger partial charge in [-0.3, -0.25) is 0 Å². The summed E-state index contributed by atoms with van der Waals surface area (Å²) in [6.07, 6.45) is 2.50. The first kappa shape index (κ1) is 13.2. The molecule has 20 heavy (non-hydrogen) atoms. The van der Waals surface area contributed by atoms with Crippen LogP contribution >= 0.6 is 0 Å². The fraction of sp³-hybridized carbons (Fsp3) is 0.471. The highest BCUT2D eigenvalue weighted by Crippen LogP contribution is 2.43. The molecule has 0 amide bonds. The number of ether oxygens (including phenoxy) is 1. The molecule has 0 bridgehead atoms. The Morgan fingerprint density at radius 1 is 1.20 bits per heavy atom. The van der Waals surface area contributed by atoms with Gasteiger partial charge in [0.25, 0.3) is 0 Å². The van der Waals surface area contributed by atoms with Gasteiger partial charge in [0.05, 0.1) is 0 Å². The molecule has 1 fully saturated rings. The van der Waals surface area contributed by atoms with E-state index in [2.05, 4.69) is 12.1 Å². The molecule has 2 aliphatic rings. The van der Waals surface area contributed by atoms with Crippen LogP contribution in [0.4, 0.5) is 0 Å². The first-order chi connectivity index (χ1) is 9.31. The number of carbonyl (C=O) groups is 1. The van der Waals surface area contributed by atoms with E-state index >= 15 is 0 Å². The van der Waals surface area contributed by atoms with E-state index in [-0.39, 0.29) is 5.76 Å². The number of cyclic esters (lactones) is 1. The molecule has 106 valence electrons. The average molecular weight is 272 g/mol. The number of benzene rings is 1. The first-order valence-corrected chi connectivity index (χ1v) is 7.10. The summed E-state index contributed by atoms with van der Waals surface area (Å²) in [6, 6.07) is 4.28. The summed E-state index contributed by atoms with van der Waals surface area (Å²) >= 11 is 0. The zero-order valence-electron chi connectivity index (χ0n) is 12.4. The maximum atomic E-state index is 12.1. The maximum Gasteiger partial charge on any atom is 0.343 e. The van der Waals surface area contributed by atoms with Crippen LogP contribution in [-0.4, -0.2) is 16.7 Å². The molecule has 1 aromatic rings. The molecule has 3 heteroatoms. The second-order valence-corrected chi connectivity index (χ2v) is 6.43. The Balaban J connectivity index is 2.15. The van der Waals surface area contributed by atoms with E-state index in [1.165, 1.54) is 18.4 Å². The van der Waals surface area contributed by atoms with Crippen molar-refractivity contribution in [3.63, 3.8) is 0 Å². The van der Waals surface area contributed by atoms with Gasteiger partial charge in [0.15, 0.2) is 11.4 Å². The van der Waals surface area contributed by atoms with Crippen molar-refractivity contribution in [2.24, 2.45) is 0 Å². The minimum absolute atomic E-state index is 0.0351. The lowest BCUT2D eigenvalue weighted by molar-refractivity contribution is -0.143. The van der Waals surface area contributed by atoms with Crippen LogP contribution in [0.5, 0.6) is 0 Å². The summed E-state index contributed by atoms with van der Waals surface area (Å²) in [5.74, 6) is 0.279. The molecule has 1 aromatic carbocycles. The molecule has 1 aliphatic carbocycles. The van der Waals surface area contributed by atoms with Gasteiger partial charge in [0, 0.05) is 0 Å². The Morgan fingerprint density at radius 2 is 1.75 bits per heavy atom. The number of rotatable bonds is 2. The lowest BCUT2D eigenvalue weighted by Crippen LogP contribution is -2.22. The van der Waals surface area contributed by atoms with Crippen molar-refractivity contribution in [3.8, 4) is 0 Å². The smallest absolute Gasteiger partial charge is 0.343 e. The first-order valence-electron chi connectivity index (χ1n) is 7.10. The third kappa shape index (κ3) is 1.92. The Hall–Kier alpha value is -1.77. The zero-order valence-corrected chi connectivity index (χ0v) is 12.4. The summed E-state index contributed by atoms with van der Waals surface area (Å²) in [4.78, 5) is 12.1. The molecule has 1 N–H and O–H groups in total. The topological polar surface area (TPSA) is 46.5 Å². The molecule has 1 saturated carbocycles. The van der Waals surface area contributed by atoms with E-state index in [1.807, 2.05) is 13.8 Å². The molecular formula is C17H20O3. The number of aliphatic hydroxyl groups excluding tert-OH is 1. The third-order valence-corrected chi connectivity index (χ3v) is 4.21. The Labute approximate surface area is 119 Å².